The molecule has 3 rings (SSSR count). The van der Waals surface area contributed by atoms with Gasteiger partial charge in [0.1, 0.15) is 0 Å². The fraction of sp³-hybridized carbons (Fsp3) is 0.278. The molecule has 0 aromatic heterocycles. The first-order valence-electron chi connectivity index (χ1n) is 7.97. The van der Waals surface area contributed by atoms with E-state index in [-0.39, 0.29) is 19.5 Å². The number of nitrogens with zero attached hydrogens (tertiary/aromatic N) is 1. The number of hydrogen-bond donors (Lipinski definition) is 2. The highest BCUT2D eigenvalue weighted by atomic mass is 32.2. The molecular formula is C18H19NO5S. The smallest absolute Gasteiger partial charge is 0.305 e. The summed E-state index contributed by atoms with van der Waals surface area (Å²) in [6.07, 6.45) is 0.610. The van der Waals surface area contributed by atoms with Gasteiger partial charge in [0.15, 0.2) is 0 Å². The van der Waals surface area contributed by atoms with Gasteiger partial charge in [0.2, 0.25) is 0 Å². The zero-order valence-electron chi connectivity index (χ0n) is 13.6. The minimum absolute atomic E-state index is 0.0406. The van der Waals surface area contributed by atoms with Crippen LogP contribution in [-0.4, -0.2) is 42.9 Å². The molecule has 0 unspecified atom stereocenters. The lowest BCUT2D eigenvalue weighted by atomic mass is 10.0. The Morgan fingerprint density at radius 3 is 2.48 bits per heavy atom. The minimum Gasteiger partial charge on any atom is -0.481 e. The Morgan fingerprint density at radius 1 is 1.04 bits per heavy atom. The van der Waals surface area contributed by atoms with Gasteiger partial charge in [0.25, 0.3) is 10.1 Å². The summed E-state index contributed by atoms with van der Waals surface area (Å²) in [6, 6.07) is 13.8. The van der Waals surface area contributed by atoms with Gasteiger partial charge in [-0.3, -0.25) is 9.35 Å². The molecule has 0 spiro atoms. The van der Waals surface area contributed by atoms with E-state index in [1.807, 2.05) is 36.4 Å². The number of fused-ring (bicyclic) bond motifs is 3. The van der Waals surface area contributed by atoms with Crippen molar-refractivity contribution in [3.63, 3.8) is 0 Å². The molecule has 0 bridgehead atoms. The van der Waals surface area contributed by atoms with Crippen molar-refractivity contribution < 1.29 is 22.9 Å². The van der Waals surface area contributed by atoms with Crippen LogP contribution >= 0.6 is 0 Å². The van der Waals surface area contributed by atoms with Crippen LogP contribution in [0.1, 0.15) is 17.5 Å². The first-order chi connectivity index (χ1) is 11.8. The topological polar surface area (TPSA) is 94.9 Å². The monoisotopic (exact) mass is 361 g/mol. The molecule has 0 atom stereocenters. The van der Waals surface area contributed by atoms with Crippen LogP contribution in [0.2, 0.25) is 0 Å². The molecule has 0 saturated carbocycles. The van der Waals surface area contributed by atoms with Crippen molar-refractivity contribution in [2.45, 2.75) is 12.8 Å². The quantitative estimate of drug-likeness (QED) is 0.628. The van der Waals surface area contributed by atoms with Crippen molar-refractivity contribution in [1.82, 2.24) is 0 Å². The van der Waals surface area contributed by atoms with Crippen LogP contribution in [0.5, 0.6) is 0 Å². The Bertz CT molecular complexity index is 907. The van der Waals surface area contributed by atoms with E-state index in [0.717, 1.165) is 28.8 Å². The van der Waals surface area contributed by atoms with Gasteiger partial charge in [0, 0.05) is 25.2 Å². The first kappa shape index (κ1) is 17.4. The predicted octanol–water partition coefficient (Wildman–Crippen LogP) is 2.43. The summed E-state index contributed by atoms with van der Waals surface area (Å²) in [5.41, 5.74) is 5.30. The van der Waals surface area contributed by atoms with Crippen LogP contribution in [0, 0.1) is 0 Å². The fourth-order valence-corrected chi connectivity index (χ4v) is 3.70. The number of aliphatic carboxylic acids is 1. The Hall–Kier alpha value is -2.38. The SMILES string of the molecule is O=C(O)CCN(CCS(=O)(=O)O)c1cccc2c1Cc1ccccc1-2. The molecule has 2 N–H and O–H groups in total. The largest absolute Gasteiger partial charge is 0.481 e. The van der Waals surface area contributed by atoms with Crippen molar-refractivity contribution in [3.8, 4) is 11.1 Å². The number of carboxylic acid groups (broad SMARTS) is 1. The summed E-state index contributed by atoms with van der Waals surface area (Å²) in [5, 5.41) is 8.98. The van der Waals surface area contributed by atoms with Gasteiger partial charge in [-0.05, 0) is 28.3 Å². The van der Waals surface area contributed by atoms with E-state index in [4.69, 9.17) is 9.66 Å². The summed E-state index contributed by atoms with van der Waals surface area (Å²) in [4.78, 5) is 12.7. The lowest BCUT2D eigenvalue weighted by Crippen LogP contribution is -2.32. The predicted molar refractivity (Wildman–Crippen MR) is 95.6 cm³/mol. The molecule has 25 heavy (non-hydrogen) atoms. The zero-order chi connectivity index (χ0) is 18.0. The molecule has 0 radical (unpaired) electrons. The number of anilines is 1. The standard InChI is InChI=1S/C18H19NO5S/c20-18(21)8-9-19(10-11-25(22,23)24)17-7-3-6-15-14-5-2-1-4-13(14)12-16(15)17/h1-7H,8-12H2,(H,20,21)(H,22,23,24). The van der Waals surface area contributed by atoms with Crippen LogP contribution in [0.3, 0.4) is 0 Å². The number of hydrogen-bond acceptors (Lipinski definition) is 4. The summed E-state index contributed by atoms with van der Waals surface area (Å²) in [5.74, 6) is -1.39. The molecule has 0 amide bonds. The molecule has 1 aliphatic carbocycles. The van der Waals surface area contributed by atoms with Gasteiger partial charge in [-0.25, -0.2) is 0 Å². The Balaban J connectivity index is 1.95. The van der Waals surface area contributed by atoms with E-state index >= 15 is 0 Å². The van der Waals surface area contributed by atoms with Crippen LogP contribution in [-0.2, 0) is 21.3 Å². The average molecular weight is 361 g/mol. The van der Waals surface area contributed by atoms with E-state index in [2.05, 4.69) is 6.07 Å². The average Bonchev–Trinajstić information content (AvgIpc) is 2.93. The molecule has 0 saturated heterocycles. The Labute approximate surface area is 146 Å². The zero-order valence-corrected chi connectivity index (χ0v) is 14.4. The maximum absolute atomic E-state index is 11.1. The van der Waals surface area contributed by atoms with Crippen LogP contribution in [0.4, 0.5) is 5.69 Å². The minimum atomic E-state index is -4.12. The summed E-state index contributed by atoms with van der Waals surface area (Å²) in [6.45, 7) is 0.219. The second-order valence-corrected chi connectivity index (χ2v) is 7.63. The molecule has 2 aromatic rings. The van der Waals surface area contributed by atoms with E-state index in [0.29, 0.717) is 0 Å². The van der Waals surface area contributed by atoms with Crippen molar-refractivity contribution in [3.05, 3.63) is 53.6 Å². The third-order valence-electron chi connectivity index (χ3n) is 4.38. The highest BCUT2D eigenvalue weighted by Gasteiger charge is 2.23. The van der Waals surface area contributed by atoms with Gasteiger partial charge >= 0.3 is 5.97 Å². The third-order valence-corrected chi connectivity index (χ3v) is 5.08. The Kier molecular flexibility index (Phi) is 4.78. The van der Waals surface area contributed by atoms with Crippen LogP contribution in [0.15, 0.2) is 42.5 Å². The highest BCUT2D eigenvalue weighted by molar-refractivity contribution is 7.85. The van der Waals surface area contributed by atoms with Crippen molar-refractivity contribution in [2.75, 3.05) is 23.7 Å². The second kappa shape index (κ2) is 6.85. The first-order valence-corrected chi connectivity index (χ1v) is 9.58. The summed E-state index contributed by atoms with van der Waals surface area (Å²) >= 11 is 0. The molecule has 0 aliphatic heterocycles. The van der Waals surface area contributed by atoms with Crippen LogP contribution < -0.4 is 4.90 Å². The van der Waals surface area contributed by atoms with E-state index in [1.54, 1.807) is 4.90 Å². The van der Waals surface area contributed by atoms with Gasteiger partial charge < -0.3 is 10.0 Å². The summed E-state index contributed by atoms with van der Waals surface area (Å²) < 4.78 is 31.3. The van der Waals surface area contributed by atoms with Crippen molar-refractivity contribution in [2.24, 2.45) is 0 Å². The summed E-state index contributed by atoms with van der Waals surface area (Å²) in [7, 11) is -4.12. The van der Waals surface area contributed by atoms with Crippen molar-refractivity contribution >= 4 is 21.8 Å². The third kappa shape index (κ3) is 4.00. The number of rotatable bonds is 7. The highest BCUT2D eigenvalue weighted by Crippen LogP contribution is 2.41. The lowest BCUT2D eigenvalue weighted by molar-refractivity contribution is -0.136. The molecule has 1 aliphatic rings. The maximum Gasteiger partial charge on any atom is 0.305 e. The molecule has 2 aromatic carbocycles. The lowest BCUT2D eigenvalue weighted by Gasteiger charge is -2.26. The molecule has 0 fully saturated rings. The molecular weight excluding hydrogens is 342 g/mol. The van der Waals surface area contributed by atoms with Crippen LogP contribution in [0.25, 0.3) is 11.1 Å². The number of carbonyl (C=O) groups is 1. The van der Waals surface area contributed by atoms with E-state index < -0.39 is 21.8 Å². The molecule has 7 heteroatoms. The maximum atomic E-state index is 11.1. The van der Waals surface area contributed by atoms with Crippen molar-refractivity contribution in [1.29, 1.82) is 0 Å². The van der Waals surface area contributed by atoms with Gasteiger partial charge in [0.05, 0.1) is 12.2 Å². The van der Waals surface area contributed by atoms with Gasteiger partial charge in [-0.1, -0.05) is 36.4 Å². The second-order valence-electron chi connectivity index (χ2n) is 6.05. The molecule has 6 nitrogen and oxygen atoms in total. The van der Waals surface area contributed by atoms with E-state index in [9.17, 15) is 13.2 Å². The van der Waals surface area contributed by atoms with Gasteiger partial charge in [-0.2, -0.15) is 8.42 Å². The Morgan fingerprint density at radius 2 is 1.76 bits per heavy atom. The molecule has 0 heterocycles. The number of benzene rings is 2. The number of carboxylic acids is 1. The van der Waals surface area contributed by atoms with Gasteiger partial charge in [-0.15, -0.1) is 0 Å². The van der Waals surface area contributed by atoms with E-state index in [1.165, 1.54) is 5.56 Å². The molecule has 132 valence electrons. The fourth-order valence-electron chi connectivity index (χ4n) is 3.25. The normalized spacial score (nSPS) is 12.5.